The number of amides is 1. The number of fused-ring (bicyclic) bond motifs is 1. The van der Waals surface area contributed by atoms with Gasteiger partial charge in [-0.3, -0.25) is 4.79 Å². The second-order valence-corrected chi connectivity index (χ2v) is 7.38. The molecule has 2 aromatic rings. The quantitative estimate of drug-likeness (QED) is 0.823. The van der Waals surface area contributed by atoms with Crippen molar-refractivity contribution in [3.8, 4) is 0 Å². The summed E-state index contributed by atoms with van der Waals surface area (Å²) in [6.45, 7) is 3.14. The third kappa shape index (κ3) is 4.20. The molecule has 27 heavy (non-hydrogen) atoms. The van der Waals surface area contributed by atoms with Crippen molar-refractivity contribution in [1.29, 1.82) is 0 Å². The second-order valence-electron chi connectivity index (χ2n) is 6.97. The first kappa shape index (κ1) is 18.1. The first-order valence-corrected chi connectivity index (χ1v) is 9.85. The van der Waals surface area contributed by atoms with Gasteiger partial charge in [0.2, 0.25) is 5.91 Å². The zero-order valence-electron chi connectivity index (χ0n) is 15.3. The lowest BCUT2D eigenvalue weighted by atomic mass is 10.1. The molecular formula is C21H24ClN3O2. The molecule has 4 rings (SSSR count). The normalized spacial score (nSPS) is 16.1. The fourth-order valence-corrected chi connectivity index (χ4v) is 4.09. The highest BCUT2D eigenvalue weighted by Gasteiger charge is 2.18. The Hall–Kier alpha value is -2.24. The van der Waals surface area contributed by atoms with Gasteiger partial charge >= 0.3 is 0 Å². The number of nitrogens with one attached hydrogen (secondary N) is 2. The molecule has 0 unspecified atom stereocenters. The number of hydrogen-bond donors (Lipinski definition) is 2. The molecule has 5 nitrogen and oxygen atoms in total. The summed E-state index contributed by atoms with van der Waals surface area (Å²) in [5.41, 5.74) is 5.42. The number of carbonyl (C=O) groups excluding carboxylic acids is 1. The summed E-state index contributed by atoms with van der Waals surface area (Å²) >= 11 is 6.44. The number of ether oxygens (including phenoxy) is 1. The van der Waals surface area contributed by atoms with Crippen LogP contribution in [0.15, 0.2) is 36.4 Å². The minimum Gasteiger partial charge on any atom is -0.378 e. The molecule has 1 aliphatic carbocycles. The number of aryl methyl sites for hydroxylation is 2. The molecule has 0 atom stereocenters. The van der Waals surface area contributed by atoms with E-state index in [0.29, 0.717) is 18.2 Å². The number of para-hydroxylation sites is 1. The summed E-state index contributed by atoms with van der Waals surface area (Å²) in [6, 6.07) is 11.9. The molecule has 0 bridgehead atoms. The van der Waals surface area contributed by atoms with Crippen LogP contribution < -0.4 is 15.5 Å². The highest BCUT2D eigenvalue weighted by molar-refractivity contribution is 6.34. The van der Waals surface area contributed by atoms with Crippen LogP contribution in [0.2, 0.25) is 5.02 Å². The molecule has 0 radical (unpaired) electrons. The van der Waals surface area contributed by atoms with E-state index in [-0.39, 0.29) is 12.5 Å². The van der Waals surface area contributed by atoms with Crippen molar-refractivity contribution < 1.29 is 9.53 Å². The van der Waals surface area contributed by atoms with Gasteiger partial charge in [-0.15, -0.1) is 0 Å². The lowest BCUT2D eigenvalue weighted by Gasteiger charge is -2.31. The van der Waals surface area contributed by atoms with E-state index in [1.54, 1.807) is 0 Å². The van der Waals surface area contributed by atoms with Crippen LogP contribution in [0.4, 0.5) is 17.1 Å². The molecule has 1 heterocycles. The van der Waals surface area contributed by atoms with Gasteiger partial charge in [0, 0.05) is 18.8 Å². The Morgan fingerprint density at radius 3 is 2.78 bits per heavy atom. The summed E-state index contributed by atoms with van der Waals surface area (Å²) in [7, 11) is 0. The average molecular weight is 386 g/mol. The lowest BCUT2D eigenvalue weighted by Crippen LogP contribution is -2.37. The summed E-state index contributed by atoms with van der Waals surface area (Å²) in [5, 5.41) is 6.91. The number of morpholine rings is 1. The highest BCUT2D eigenvalue weighted by Crippen LogP contribution is 2.34. The van der Waals surface area contributed by atoms with Crippen LogP contribution in [0.5, 0.6) is 0 Å². The van der Waals surface area contributed by atoms with Gasteiger partial charge in [0.15, 0.2) is 0 Å². The predicted molar refractivity (Wildman–Crippen MR) is 110 cm³/mol. The van der Waals surface area contributed by atoms with Crippen LogP contribution in [-0.2, 0) is 22.4 Å². The predicted octanol–water partition coefficient (Wildman–Crippen LogP) is 3.72. The molecule has 0 saturated carbocycles. The number of benzene rings is 2. The second kappa shape index (κ2) is 8.19. The van der Waals surface area contributed by atoms with Crippen LogP contribution in [0.3, 0.4) is 0 Å². The van der Waals surface area contributed by atoms with Crippen molar-refractivity contribution >= 4 is 34.6 Å². The minimum atomic E-state index is -0.0687. The van der Waals surface area contributed by atoms with Crippen molar-refractivity contribution in [1.82, 2.24) is 0 Å². The summed E-state index contributed by atoms with van der Waals surface area (Å²) in [6.07, 6.45) is 3.44. The molecule has 0 aromatic heterocycles. The van der Waals surface area contributed by atoms with E-state index >= 15 is 0 Å². The molecule has 0 spiro atoms. The molecule has 1 saturated heterocycles. The lowest BCUT2D eigenvalue weighted by molar-refractivity contribution is -0.114. The first-order chi connectivity index (χ1) is 13.2. The van der Waals surface area contributed by atoms with E-state index in [0.717, 1.165) is 43.0 Å². The van der Waals surface area contributed by atoms with Gasteiger partial charge in [0.1, 0.15) is 0 Å². The van der Waals surface area contributed by atoms with Crippen molar-refractivity contribution in [2.24, 2.45) is 0 Å². The van der Waals surface area contributed by atoms with E-state index in [1.807, 2.05) is 24.3 Å². The van der Waals surface area contributed by atoms with Crippen molar-refractivity contribution in [2.45, 2.75) is 19.3 Å². The summed E-state index contributed by atoms with van der Waals surface area (Å²) < 4.78 is 5.43. The van der Waals surface area contributed by atoms with Gasteiger partial charge < -0.3 is 20.3 Å². The molecule has 2 aliphatic rings. The van der Waals surface area contributed by atoms with E-state index in [9.17, 15) is 4.79 Å². The maximum absolute atomic E-state index is 12.4. The summed E-state index contributed by atoms with van der Waals surface area (Å²) in [5.74, 6) is -0.0687. The van der Waals surface area contributed by atoms with Gasteiger partial charge in [0.25, 0.3) is 0 Å². The van der Waals surface area contributed by atoms with Gasteiger partial charge in [-0.2, -0.15) is 0 Å². The number of anilines is 3. The standard InChI is InChI=1S/C21H24ClN3O2/c22-18-5-2-6-19(21(18)25-9-11-27-12-10-25)23-14-20(26)24-17-8-7-15-3-1-4-16(15)13-17/h2,5-8,13,23H,1,3-4,9-12,14H2,(H,24,26). The Morgan fingerprint density at radius 2 is 1.93 bits per heavy atom. The van der Waals surface area contributed by atoms with Gasteiger partial charge in [-0.25, -0.2) is 0 Å². The Balaban J connectivity index is 1.41. The van der Waals surface area contributed by atoms with E-state index in [2.05, 4.69) is 27.7 Å². The number of nitrogens with zero attached hydrogens (tertiary/aromatic N) is 1. The van der Waals surface area contributed by atoms with E-state index < -0.39 is 0 Å². The topological polar surface area (TPSA) is 53.6 Å². The van der Waals surface area contributed by atoms with Crippen molar-refractivity contribution in [2.75, 3.05) is 48.4 Å². The van der Waals surface area contributed by atoms with Crippen LogP contribution in [0.1, 0.15) is 17.5 Å². The van der Waals surface area contributed by atoms with Crippen LogP contribution in [-0.4, -0.2) is 38.8 Å². The monoisotopic (exact) mass is 385 g/mol. The SMILES string of the molecule is O=C(CNc1cccc(Cl)c1N1CCOCC1)Nc1ccc2c(c1)CCC2. The summed E-state index contributed by atoms with van der Waals surface area (Å²) in [4.78, 5) is 14.6. The molecule has 1 aliphatic heterocycles. The number of rotatable bonds is 5. The van der Waals surface area contributed by atoms with Gasteiger partial charge in [-0.1, -0.05) is 23.7 Å². The third-order valence-corrected chi connectivity index (χ3v) is 5.44. The number of halogens is 1. The Morgan fingerprint density at radius 1 is 1.11 bits per heavy atom. The molecule has 6 heteroatoms. The molecule has 1 fully saturated rings. The Kier molecular flexibility index (Phi) is 5.50. The van der Waals surface area contributed by atoms with Crippen LogP contribution >= 0.6 is 11.6 Å². The van der Waals surface area contributed by atoms with Gasteiger partial charge in [0.05, 0.1) is 36.2 Å². The largest absolute Gasteiger partial charge is 0.378 e. The zero-order chi connectivity index (χ0) is 18.6. The molecule has 142 valence electrons. The highest BCUT2D eigenvalue weighted by atomic mass is 35.5. The fourth-order valence-electron chi connectivity index (χ4n) is 3.80. The first-order valence-electron chi connectivity index (χ1n) is 9.47. The molecule has 2 aromatic carbocycles. The number of hydrogen-bond acceptors (Lipinski definition) is 4. The maximum atomic E-state index is 12.4. The maximum Gasteiger partial charge on any atom is 0.243 e. The van der Waals surface area contributed by atoms with Crippen molar-refractivity contribution in [3.05, 3.63) is 52.5 Å². The molecule has 1 amide bonds. The van der Waals surface area contributed by atoms with Crippen molar-refractivity contribution in [3.63, 3.8) is 0 Å². The zero-order valence-corrected chi connectivity index (χ0v) is 16.0. The fraction of sp³-hybridized carbons (Fsp3) is 0.381. The van der Waals surface area contributed by atoms with E-state index in [1.165, 1.54) is 17.5 Å². The Labute approximate surface area is 164 Å². The smallest absolute Gasteiger partial charge is 0.243 e. The third-order valence-electron chi connectivity index (χ3n) is 5.14. The van der Waals surface area contributed by atoms with Gasteiger partial charge in [-0.05, 0) is 54.7 Å². The Bertz CT molecular complexity index is 834. The molecular weight excluding hydrogens is 362 g/mol. The van der Waals surface area contributed by atoms with Crippen LogP contribution in [0.25, 0.3) is 0 Å². The number of carbonyl (C=O) groups is 1. The molecule has 2 N–H and O–H groups in total. The van der Waals surface area contributed by atoms with Crippen LogP contribution in [0, 0.1) is 0 Å². The average Bonchev–Trinajstić information content (AvgIpc) is 3.15. The van der Waals surface area contributed by atoms with E-state index in [4.69, 9.17) is 16.3 Å². The minimum absolute atomic E-state index is 0.0687.